The predicted molar refractivity (Wildman–Crippen MR) is 95.8 cm³/mol. The number of furan rings is 1. The number of anilines is 1. The minimum absolute atomic E-state index is 0.0960. The highest BCUT2D eigenvalue weighted by atomic mass is 16.5. The van der Waals surface area contributed by atoms with Crippen molar-refractivity contribution in [3.05, 3.63) is 59.7 Å². The van der Waals surface area contributed by atoms with E-state index in [1.165, 1.54) is 12.0 Å². The monoisotopic (exact) mass is 372 g/mol. The maximum atomic E-state index is 12.5. The number of aliphatic hydroxyl groups excluding tert-OH is 1. The molecule has 0 saturated heterocycles. The maximum Gasteiger partial charge on any atom is 0.337 e. The smallest absolute Gasteiger partial charge is 0.337 e. The van der Waals surface area contributed by atoms with Gasteiger partial charge in [-0.3, -0.25) is 4.79 Å². The largest absolute Gasteiger partial charge is 0.486 e. The zero-order chi connectivity index (χ0) is 19.2. The Kier molecular flexibility index (Phi) is 5.77. The molecular weight excluding hydrogens is 352 g/mol. The van der Waals surface area contributed by atoms with Crippen LogP contribution in [0.3, 0.4) is 0 Å². The van der Waals surface area contributed by atoms with E-state index >= 15 is 0 Å². The van der Waals surface area contributed by atoms with Crippen molar-refractivity contribution in [1.29, 1.82) is 0 Å². The molecule has 142 valence electrons. The molecule has 2 N–H and O–H groups in total. The van der Waals surface area contributed by atoms with Crippen molar-refractivity contribution < 1.29 is 28.6 Å². The first-order chi connectivity index (χ1) is 13.1. The predicted octanol–water partition coefficient (Wildman–Crippen LogP) is 1.53. The normalized spacial score (nSPS) is 13.9. The number of β-amino-alcohol motifs (C(OH)–C–C–N with tert-alkyl or cyclic N) is 1. The van der Waals surface area contributed by atoms with Crippen LogP contribution in [0.15, 0.2) is 58.3 Å². The Morgan fingerprint density at radius 1 is 1.30 bits per heavy atom. The van der Waals surface area contributed by atoms with Crippen molar-refractivity contribution in [1.82, 2.24) is 4.90 Å². The number of rotatable bonds is 8. The third-order valence-electron chi connectivity index (χ3n) is 4.04. The summed E-state index contributed by atoms with van der Waals surface area (Å²) in [4.78, 5) is 25.8. The van der Waals surface area contributed by atoms with E-state index in [0.717, 1.165) is 0 Å². The molecule has 0 spiro atoms. The number of hydrogen-bond donors (Lipinski definition) is 2. The standard InChI is InChI=1S/C19H20N2O6/c1-25-19(24)16-11-21(8-9-22)18(23)17(16)20-13-4-6-14(7-5-13)27-12-15-3-2-10-26-15/h2-7,10,20,22H,8-9,11-12H2,1H3. The second-order valence-corrected chi connectivity index (χ2v) is 5.81. The average Bonchev–Trinajstić information content (AvgIpc) is 3.31. The van der Waals surface area contributed by atoms with Gasteiger partial charge in [0.2, 0.25) is 0 Å². The molecule has 0 bridgehead atoms. The van der Waals surface area contributed by atoms with Gasteiger partial charge in [0.1, 0.15) is 23.8 Å². The number of benzene rings is 1. The van der Waals surface area contributed by atoms with Gasteiger partial charge < -0.3 is 29.2 Å². The summed E-state index contributed by atoms with van der Waals surface area (Å²) in [5.41, 5.74) is 1.00. The first kappa shape index (κ1) is 18.5. The molecule has 2 heterocycles. The van der Waals surface area contributed by atoms with Gasteiger partial charge >= 0.3 is 5.97 Å². The summed E-state index contributed by atoms with van der Waals surface area (Å²) in [6, 6.07) is 10.6. The molecule has 0 aliphatic carbocycles. The van der Waals surface area contributed by atoms with E-state index < -0.39 is 5.97 Å². The van der Waals surface area contributed by atoms with Gasteiger partial charge in [0, 0.05) is 12.2 Å². The Balaban J connectivity index is 1.70. The van der Waals surface area contributed by atoms with E-state index in [-0.39, 0.29) is 36.9 Å². The summed E-state index contributed by atoms with van der Waals surface area (Å²) in [6.07, 6.45) is 1.58. The first-order valence-electron chi connectivity index (χ1n) is 8.36. The number of methoxy groups -OCH3 is 1. The zero-order valence-electron chi connectivity index (χ0n) is 14.8. The van der Waals surface area contributed by atoms with E-state index in [2.05, 4.69) is 5.32 Å². The molecule has 1 amide bonds. The SMILES string of the molecule is COC(=O)C1=C(Nc2ccc(OCc3ccco3)cc2)C(=O)N(CCO)C1. The fourth-order valence-corrected chi connectivity index (χ4v) is 2.68. The maximum absolute atomic E-state index is 12.5. The van der Waals surface area contributed by atoms with Gasteiger partial charge in [0.15, 0.2) is 0 Å². The summed E-state index contributed by atoms with van der Waals surface area (Å²) in [5, 5.41) is 12.1. The number of carbonyl (C=O) groups excluding carboxylic acids is 2. The van der Waals surface area contributed by atoms with Gasteiger partial charge in [-0.05, 0) is 36.4 Å². The topological polar surface area (TPSA) is 101 Å². The van der Waals surface area contributed by atoms with Gasteiger partial charge in [0.05, 0.1) is 32.1 Å². The van der Waals surface area contributed by atoms with Crippen LogP contribution in [-0.4, -0.2) is 48.7 Å². The summed E-state index contributed by atoms with van der Waals surface area (Å²) in [6.45, 7) is 0.365. The summed E-state index contributed by atoms with van der Waals surface area (Å²) < 4.78 is 15.6. The van der Waals surface area contributed by atoms with E-state index in [0.29, 0.717) is 23.8 Å². The summed E-state index contributed by atoms with van der Waals surface area (Å²) in [7, 11) is 1.26. The van der Waals surface area contributed by atoms with Crippen molar-refractivity contribution in [3.63, 3.8) is 0 Å². The van der Waals surface area contributed by atoms with Gasteiger partial charge in [-0.25, -0.2) is 4.79 Å². The van der Waals surface area contributed by atoms with Crippen LogP contribution < -0.4 is 10.1 Å². The minimum atomic E-state index is -0.579. The molecule has 8 nitrogen and oxygen atoms in total. The van der Waals surface area contributed by atoms with Crippen LogP contribution in [0.1, 0.15) is 5.76 Å². The molecular formula is C19H20N2O6. The number of ether oxygens (including phenoxy) is 2. The lowest BCUT2D eigenvalue weighted by Crippen LogP contribution is -2.31. The lowest BCUT2D eigenvalue weighted by atomic mass is 10.2. The number of aliphatic hydroxyl groups is 1. The lowest BCUT2D eigenvalue weighted by molar-refractivity contribution is -0.136. The Bertz CT molecular complexity index is 826. The molecule has 8 heteroatoms. The van der Waals surface area contributed by atoms with Gasteiger partial charge in [-0.15, -0.1) is 0 Å². The average molecular weight is 372 g/mol. The van der Waals surface area contributed by atoms with E-state index in [4.69, 9.17) is 19.0 Å². The zero-order valence-corrected chi connectivity index (χ0v) is 14.8. The van der Waals surface area contributed by atoms with Crippen LogP contribution in [0, 0.1) is 0 Å². The molecule has 3 rings (SSSR count). The molecule has 1 aliphatic rings. The highest BCUT2D eigenvalue weighted by molar-refractivity contribution is 6.08. The second-order valence-electron chi connectivity index (χ2n) is 5.81. The molecule has 1 aliphatic heterocycles. The van der Waals surface area contributed by atoms with Gasteiger partial charge in [0.25, 0.3) is 5.91 Å². The fraction of sp³-hybridized carbons (Fsp3) is 0.263. The summed E-state index contributed by atoms with van der Waals surface area (Å²) >= 11 is 0. The third-order valence-corrected chi connectivity index (χ3v) is 4.04. The molecule has 0 saturated carbocycles. The molecule has 27 heavy (non-hydrogen) atoms. The van der Waals surface area contributed by atoms with Crippen LogP contribution >= 0.6 is 0 Å². The number of hydrogen-bond acceptors (Lipinski definition) is 7. The lowest BCUT2D eigenvalue weighted by Gasteiger charge is -2.15. The van der Waals surface area contributed by atoms with Gasteiger partial charge in [-0.1, -0.05) is 0 Å². The van der Waals surface area contributed by atoms with Crippen molar-refractivity contribution in [2.45, 2.75) is 6.61 Å². The quantitative estimate of drug-likeness (QED) is 0.678. The van der Waals surface area contributed by atoms with Crippen molar-refractivity contribution in [2.24, 2.45) is 0 Å². The Morgan fingerprint density at radius 3 is 2.70 bits per heavy atom. The molecule has 0 fully saturated rings. The van der Waals surface area contributed by atoms with Crippen molar-refractivity contribution >= 4 is 17.6 Å². The third kappa shape index (κ3) is 4.29. The van der Waals surface area contributed by atoms with E-state index in [1.54, 1.807) is 36.6 Å². The van der Waals surface area contributed by atoms with E-state index in [1.807, 2.05) is 6.07 Å². The fourth-order valence-electron chi connectivity index (χ4n) is 2.68. The Hall–Kier alpha value is -3.26. The highest BCUT2D eigenvalue weighted by Crippen LogP contribution is 2.24. The molecule has 1 aromatic carbocycles. The Morgan fingerprint density at radius 2 is 2.07 bits per heavy atom. The van der Waals surface area contributed by atoms with Crippen LogP contribution in [0.4, 0.5) is 5.69 Å². The number of nitrogens with one attached hydrogen (secondary N) is 1. The highest BCUT2D eigenvalue weighted by Gasteiger charge is 2.34. The van der Waals surface area contributed by atoms with Crippen molar-refractivity contribution in [2.75, 3.05) is 32.1 Å². The van der Waals surface area contributed by atoms with Crippen LogP contribution in [0.5, 0.6) is 5.75 Å². The molecule has 2 aromatic rings. The van der Waals surface area contributed by atoms with Gasteiger partial charge in [-0.2, -0.15) is 0 Å². The molecule has 0 radical (unpaired) electrons. The van der Waals surface area contributed by atoms with Crippen LogP contribution in [-0.2, 0) is 20.9 Å². The minimum Gasteiger partial charge on any atom is -0.486 e. The second kappa shape index (κ2) is 8.41. The van der Waals surface area contributed by atoms with Crippen LogP contribution in [0.25, 0.3) is 0 Å². The van der Waals surface area contributed by atoms with E-state index in [9.17, 15) is 9.59 Å². The number of esters is 1. The van der Waals surface area contributed by atoms with Crippen molar-refractivity contribution in [3.8, 4) is 5.75 Å². The Labute approximate surface area is 156 Å². The molecule has 1 aromatic heterocycles. The molecule has 0 atom stereocenters. The first-order valence-corrected chi connectivity index (χ1v) is 8.36. The van der Waals surface area contributed by atoms with Crippen LogP contribution in [0.2, 0.25) is 0 Å². The molecule has 0 unspecified atom stereocenters. The summed E-state index contributed by atoms with van der Waals surface area (Å²) in [5.74, 6) is 0.414. The number of amides is 1. The number of nitrogens with zero attached hydrogens (tertiary/aromatic N) is 1. The number of carbonyl (C=O) groups is 2.